The van der Waals surface area contributed by atoms with Gasteiger partial charge in [0.25, 0.3) is 0 Å². The lowest BCUT2D eigenvalue weighted by atomic mass is 9.92. The molecule has 0 spiro atoms. The van der Waals surface area contributed by atoms with E-state index in [0.29, 0.717) is 0 Å². The van der Waals surface area contributed by atoms with E-state index in [2.05, 4.69) is 0 Å². The molecule has 5 nitrogen and oxygen atoms in total. The van der Waals surface area contributed by atoms with E-state index in [-0.39, 0.29) is 13.2 Å². The topological polar surface area (TPSA) is 65.0 Å². The zero-order valence-corrected chi connectivity index (χ0v) is 15.1. The van der Waals surface area contributed by atoms with Gasteiger partial charge in [0.05, 0.1) is 12.0 Å². The van der Waals surface area contributed by atoms with Gasteiger partial charge >= 0.3 is 5.97 Å². The highest BCUT2D eigenvalue weighted by atomic mass is 19.1. The van der Waals surface area contributed by atoms with E-state index >= 15 is 0 Å². The monoisotopic (exact) mass is 354 g/mol. The summed E-state index contributed by atoms with van der Waals surface area (Å²) in [6, 6.07) is 9.43. The highest BCUT2D eigenvalue weighted by molar-refractivity contribution is 5.75. The normalized spacial score (nSPS) is 30.1. The first-order valence-electron chi connectivity index (χ1n) is 8.50. The average Bonchev–Trinajstić information content (AvgIpc) is 2.58. The Morgan fingerprint density at radius 2 is 1.92 bits per heavy atom. The molecule has 25 heavy (non-hydrogen) atoms. The fourth-order valence-corrected chi connectivity index (χ4v) is 2.50. The minimum Gasteiger partial charge on any atom is -0.462 e. The molecule has 2 unspecified atom stereocenters. The Bertz CT molecular complexity index is 557. The predicted octanol–water partition coefficient (Wildman–Crippen LogP) is 2.85. The zero-order valence-electron chi connectivity index (χ0n) is 15.1. The molecule has 0 aliphatic carbocycles. The second kappa shape index (κ2) is 8.25. The lowest BCUT2D eigenvalue weighted by Crippen LogP contribution is -2.54. The molecule has 1 N–H and O–H groups in total. The van der Waals surface area contributed by atoms with E-state index < -0.39 is 42.0 Å². The maximum absolute atomic E-state index is 14.4. The minimum atomic E-state index is -1.45. The fourth-order valence-electron chi connectivity index (χ4n) is 2.50. The molecule has 1 aromatic rings. The summed E-state index contributed by atoms with van der Waals surface area (Å²) in [6.45, 7) is 6.79. The van der Waals surface area contributed by atoms with Crippen molar-refractivity contribution in [3.63, 3.8) is 0 Å². The quantitative estimate of drug-likeness (QED) is 0.824. The van der Waals surface area contributed by atoms with Crippen LogP contribution in [0.15, 0.2) is 30.3 Å². The van der Waals surface area contributed by atoms with E-state index in [1.54, 1.807) is 27.7 Å². The van der Waals surface area contributed by atoms with Gasteiger partial charge in [0.1, 0.15) is 25.0 Å². The number of halogens is 1. The number of hydrogen-bond acceptors (Lipinski definition) is 5. The van der Waals surface area contributed by atoms with Crippen molar-refractivity contribution in [2.45, 2.75) is 59.0 Å². The Labute approximate surface area is 148 Å². The molecule has 1 heterocycles. The first-order chi connectivity index (χ1) is 11.7. The standard InChI is InChI=1S/C19H27FO5/c1-12-15(20)14(11-24-18(22)19(2,3)4)25-17(16(12)21)23-10-13-8-6-5-7-9-13/h5-9,12,14-17,21H,10-11H2,1-4H3/t12-,14?,15-,16?,17+/m0/s1. The summed E-state index contributed by atoms with van der Waals surface area (Å²) in [5.74, 6) is -1.11. The summed E-state index contributed by atoms with van der Waals surface area (Å²) in [7, 11) is 0. The van der Waals surface area contributed by atoms with Crippen LogP contribution in [-0.4, -0.2) is 42.4 Å². The molecule has 0 saturated carbocycles. The molecule has 1 aliphatic rings. The van der Waals surface area contributed by atoms with Crippen molar-refractivity contribution >= 4 is 5.97 Å². The summed E-state index contributed by atoms with van der Waals surface area (Å²) in [5, 5.41) is 10.2. The third-order valence-electron chi connectivity index (χ3n) is 4.23. The lowest BCUT2D eigenvalue weighted by molar-refractivity contribution is -0.282. The number of aliphatic hydroxyl groups is 1. The number of esters is 1. The molecule has 140 valence electrons. The number of rotatable bonds is 5. The molecule has 0 radical (unpaired) electrons. The summed E-state index contributed by atoms with van der Waals surface area (Å²) < 4.78 is 30.8. The SMILES string of the molecule is C[C@@H]1C(O)[C@H](OCc2ccccc2)OC(COC(=O)C(C)(C)C)[C@H]1F. The van der Waals surface area contributed by atoms with Crippen LogP contribution in [0.25, 0.3) is 0 Å². The van der Waals surface area contributed by atoms with Crippen molar-refractivity contribution < 1.29 is 28.5 Å². The summed E-state index contributed by atoms with van der Waals surface area (Å²) in [5.41, 5.74) is 0.249. The van der Waals surface area contributed by atoms with E-state index in [4.69, 9.17) is 14.2 Å². The summed E-state index contributed by atoms with van der Waals surface area (Å²) in [6.07, 6.45) is -4.47. The van der Waals surface area contributed by atoms with Crippen molar-refractivity contribution in [1.29, 1.82) is 0 Å². The highest BCUT2D eigenvalue weighted by Gasteiger charge is 2.44. The van der Waals surface area contributed by atoms with Crippen LogP contribution >= 0.6 is 0 Å². The molecule has 6 heteroatoms. The number of carbonyl (C=O) groups is 1. The van der Waals surface area contributed by atoms with E-state index in [1.807, 2.05) is 30.3 Å². The Morgan fingerprint density at radius 1 is 1.28 bits per heavy atom. The van der Waals surface area contributed by atoms with E-state index in [9.17, 15) is 14.3 Å². The number of alkyl halides is 1. The molecule has 2 rings (SSSR count). The van der Waals surface area contributed by atoms with Crippen LogP contribution in [0.3, 0.4) is 0 Å². The minimum absolute atomic E-state index is 0.209. The molecular weight excluding hydrogens is 327 g/mol. The van der Waals surface area contributed by atoms with Crippen molar-refractivity contribution in [2.75, 3.05) is 6.61 Å². The number of benzene rings is 1. The lowest BCUT2D eigenvalue weighted by Gasteiger charge is -2.40. The third-order valence-corrected chi connectivity index (χ3v) is 4.23. The van der Waals surface area contributed by atoms with Gasteiger partial charge in [-0.25, -0.2) is 4.39 Å². The van der Waals surface area contributed by atoms with Crippen molar-refractivity contribution in [2.24, 2.45) is 11.3 Å². The molecule has 1 aliphatic heterocycles. The predicted molar refractivity (Wildman–Crippen MR) is 90.4 cm³/mol. The van der Waals surface area contributed by atoms with Crippen LogP contribution < -0.4 is 0 Å². The van der Waals surface area contributed by atoms with Gasteiger partial charge in [-0.1, -0.05) is 37.3 Å². The van der Waals surface area contributed by atoms with Gasteiger partial charge in [0.15, 0.2) is 6.29 Å². The van der Waals surface area contributed by atoms with Gasteiger partial charge < -0.3 is 19.3 Å². The second-order valence-corrected chi connectivity index (χ2v) is 7.48. The molecule has 1 fully saturated rings. The summed E-state index contributed by atoms with van der Waals surface area (Å²) >= 11 is 0. The zero-order chi connectivity index (χ0) is 18.6. The van der Waals surface area contributed by atoms with Crippen LogP contribution in [-0.2, 0) is 25.6 Å². The van der Waals surface area contributed by atoms with Crippen molar-refractivity contribution in [3.8, 4) is 0 Å². The van der Waals surface area contributed by atoms with Gasteiger partial charge in [-0.05, 0) is 26.3 Å². The first kappa shape index (κ1) is 19.8. The van der Waals surface area contributed by atoms with Crippen LogP contribution in [0.5, 0.6) is 0 Å². The van der Waals surface area contributed by atoms with Gasteiger partial charge in [-0.3, -0.25) is 4.79 Å². The van der Waals surface area contributed by atoms with Crippen LogP contribution in [0.2, 0.25) is 0 Å². The highest BCUT2D eigenvalue weighted by Crippen LogP contribution is 2.30. The first-order valence-corrected chi connectivity index (χ1v) is 8.50. The Morgan fingerprint density at radius 3 is 2.52 bits per heavy atom. The molecule has 0 bridgehead atoms. The second-order valence-electron chi connectivity index (χ2n) is 7.48. The third kappa shape index (κ3) is 5.23. The molecule has 1 saturated heterocycles. The average molecular weight is 354 g/mol. The maximum Gasteiger partial charge on any atom is 0.311 e. The number of aliphatic hydroxyl groups excluding tert-OH is 1. The maximum atomic E-state index is 14.4. The van der Waals surface area contributed by atoms with E-state index in [1.165, 1.54) is 0 Å². The van der Waals surface area contributed by atoms with Crippen molar-refractivity contribution in [3.05, 3.63) is 35.9 Å². The van der Waals surface area contributed by atoms with Gasteiger partial charge in [-0.15, -0.1) is 0 Å². The van der Waals surface area contributed by atoms with E-state index in [0.717, 1.165) is 5.56 Å². The van der Waals surface area contributed by atoms with Gasteiger partial charge in [0.2, 0.25) is 0 Å². The molecule has 5 atom stereocenters. The molecular formula is C19H27FO5. The molecule has 1 aromatic carbocycles. The van der Waals surface area contributed by atoms with Crippen LogP contribution in [0, 0.1) is 11.3 Å². The Kier molecular flexibility index (Phi) is 6.54. The molecule has 0 aromatic heterocycles. The number of hydrogen-bond donors (Lipinski definition) is 1. The van der Waals surface area contributed by atoms with Crippen molar-refractivity contribution in [1.82, 2.24) is 0 Å². The summed E-state index contributed by atoms with van der Waals surface area (Å²) in [4.78, 5) is 11.9. The largest absolute Gasteiger partial charge is 0.462 e. The Balaban J connectivity index is 1.95. The van der Waals surface area contributed by atoms with Crippen LogP contribution in [0.4, 0.5) is 4.39 Å². The van der Waals surface area contributed by atoms with Gasteiger partial charge in [-0.2, -0.15) is 0 Å². The molecule has 0 amide bonds. The van der Waals surface area contributed by atoms with Crippen LogP contribution in [0.1, 0.15) is 33.3 Å². The fraction of sp³-hybridized carbons (Fsp3) is 0.632. The Hall–Kier alpha value is -1.50. The smallest absolute Gasteiger partial charge is 0.311 e. The number of ether oxygens (including phenoxy) is 3. The van der Waals surface area contributed by atoms with Gasteiger partial charge in [0, 0.05) is 5.92 Å². The number of carbonyl (C=O) groups excluding carboxylic acids is 1.